The number of aromatic nitrogens is 7. The number of anilines is 3. The van der Waals surface area contributed by atoms with Crippen molar-refractivity contribution in [3.05, 3.63) is 170 Å². The monoisotopic (exact) mass is 1170 g/mol. The van der Waals surface area contributed by atoms with Gasteiger partial charge in [0.2, 0.25) is 0 Å². The van der Waals surface area contributed by atoms with Gasteiger partial charge in [0.05, 0.1) is 84.5 Å². The molecular weight excluding hydrogens is 1090 g/mol. The van der Waals surface area contributed by atoms with Gasteiger partial charge >= 0.3 is 0 Å². The number of pyridine rings is 1. The normalized spacial score (nSPS) is 24.8. The fraction of sp³-hybridized carbons (Fsp3) is 0.486. The van der Waals surface area contributed by atoms with Gasteiger partial charge in [-0.3, -0.25) is 29.9 Å². The molecule has 6 aliphatic heterocycles. The molecule has 15 rings (SSSR count). The lowest BCUT2D eigenvalue weighted by Crippen LogP contribution is -2.36. The zero-order chi connectivity index (χ0) is 60.5. The number of fused-ring (bicyclic) bond motifs is 6. The predicted octanol–water partition coefficient (Wildman–Crippen LogP) is 12.2. The molecule has 4 aromatic heterocycles. The first-order valence-electron chi connectivity index (χ1n) is 32.3. The number of aliphatic imine (C=N–C) groups is 3. The molecule has 0 bridgehead atoms. The second-order valence-electron chi connectivity index (χ2n) is 26.1. The average molecular weight is 1180 g/mol. The van der Waals surface area contributed by atoms with Crippen LogP contribution in [-0.4, -0.2) is 91.7 Å². The highest BCUT2D eigenvalue weighted by Gasteiger charge is 2.36. The van der Waals surface area contributed by atoms with Crippen molar-refractivity contribution >= 4 is 51.5 Å². The van der Waals surface area contributed by atoms with Crippen LogP contribution in [0.3, 0.4) is 0 Å². The summed E-state index contributed by atoms with van der Waals surface area (Å²) >= 11 is 0. The first kappa shape index (κ1) is 58.8. The van der Waals surface area contributed by atoms with Crippen molar-refractivity contribution < 1.29 is 0 Å². The fourth-order valence-electron chi connectivity index (χ4n) is 14.6. The molecule has 6 N–H and O–H groups in total. The van der Waals surface area contributed by atoms with Crippen molar-refractivity contribution in [1.29, 1.82) is 0 Å². The zero-order valence-corrected chi connectivity index (χ0v) is 51.4. The van der Waals surface area contributed by atoms with Crippen molar-refractivity contribution in [3.63, 3.8) is 0 Å². The third-order valence-corrected chi connectivity index (χ3v) is 20.4. The highest BCUT2D eigenvalue weighted by Crippen LogP contribution is 2.43. The number of nitrogens with two attached hydrogens (primary N) is 3. The third-order valence-electron chi connectivity index (χ3n) is 20.4. The molecule has 18 nitrogen and oxygen atoms in total. The van der Waals surface area contributed by atoms with Crippen LogP contribution < -0.4 is 31.9 Å². The maximum atomic E-state index is 7.33. The van der Waals surface area contributed by atoms with Crippen molar-refractivity contribution in [2.45, 2.75) is 160 Å². The Morgan fingerprint density at radius 2 is 1.06 bits per heavy atom. The summed E-state index contributed by atoms with van der Waals surface area (Å²) in [4.78, 5) is 62.5. The Morgan fingerprint density at radius 3 is 1.53 bits per heavy atom. The summed E-state index contributed by atoms with van der Waals surface area (Å²) in [5.41, 5.74) is 36.6. The summed E-state index contributed by atoms with van der Waals surface area (Å²) in [6.07, 6.45) is 26.7. The maximum Gasteiger partial charge on any atom is 0.187 e. The first-order chi connectivity index (χ1) is 43.0. The second-order valence-corrected chi connectivity index (χ2v) is 26.1. The molecule has 452 valence electrons. The molecule has 10 heterocycles. The second kappa shape index (κ2) is 25.5. The number of aryl methyl sites for hydroxylation is 1. The lowest BCUT2D eigenvalue weighted by Gasteiger charge is -2.34. The van der Waals surface area contributed by atoms with E-state index in [9.17, 15) is 0 Å². The third kappa shape index (κ3) is 11.7. The molecule has 0 amide bonds. The summed E-state index contributed by atoms with van der Waals surface area (Å²) in [6.45, 7) is 28.3. The van der Waals surface area contributed by atoms with Crippen LogP contribution >= 0.6 is 0 Å². The minimum absolute atomic E-state index is 0.222. The van der Waals surface area contributed by atoms with Gasteiger partial charge in [-0.25, -0.2) is 29.6 Å². The van der Waals surface area contributed by atoms with Crippen LogP contribution in [0.15, 0.2) is 94.4 Å². The Balaban J connectivity index is 0.000000122. The molecule has 18 heteroatoms. The summed E-state index contributed by atoms with van der Waals surface area (Å²) in [7, 11) is 0. The Morgan fingerprint density at radius 1 is 0.557 bits per heavy atom. The molecule has 0 unspecified atom stereocenters. The van der Waals surface area contributed by atoms with E-state index < -0.39 is 0 Å². The molecule has 3 aliphatic carbocycles. The Hall–Kier alpha value is -8.16. The van der Waals surface area contributed by atoms with E-state index in [1.165, 1.54) is 42.4 Å². The van der Waals surface area contributed by atoms with E-state index in [1.807, 2.05) is 55.1 Å². The number of nitrogens with zero attached hydrogens (tertiary/aromatic N) is 15. The fourth-order valence-corrected chi connectivity index (χ4v) is 14.6. The molecule has 2 fully saturated rings. The van der Waals surface area contributed by atoms with E-state index in [2.05, 4.69) is 74.4 Å². The summed E-state index contributed by atoms with van der Waals surface area (Å²) in [5.74, 6) is 6.02. The van der Waals surface area contributed by atoms with Gasteiger partial charge in [0.15, 0.2) is 28.9 Å². The Kier molecular flexibility index (Phi) is 17.1. The molecule has 88 heavy (non-hydrogen) atoms. The summed E-state index contributed by atoms with van der Waals surface area (Å²) in [6, 6.07) is 16.1. The van der Waals surface area contributed by atoms with Gasteiger partial charge in [-0.05, 0) is 186 Å². The largest absolute Gasteiger partial charge is 0.330 e. The van der Waals surface area contributed by atoms with E-state index in [0.717, 1.165) is 201 Å². The van der Waals surface area contributed by atoms with E-state index in [-0.39, 0.29) is 5.41 Å². The number of allylic oxidation sites excluding steroid dienone is 2. The molecule has 0 radical (unpaired) electrons. The number of benzene rings is 2. The topological polar surface area (TPSA) is 224 Å². The van der Waals surface area contributed by atoms with Gasteiger partial charge in [-0.1, -0.05) is 51.1 Å². The lowest BCUT2D eigenvalue weighted by atomic mass is 9.76. The van der Waals surface area contributed by atoms with Gasteiger partial charge in [0, 0.05) is 61.4 Å². The SMILES string of the molecule is C[C@]1(CN)CC=C(c2cnc3c(n2)CN=C3N2CCCc3ncccc32)CC1.[C-]#[N+]c1ccc2c(c1)[C@@H](C)CCN2C1=NCc2nc(C3CCC(CN)CC3)cnc21.[C-]#[N+]c1ccc2c(c1)[C@@H](C)CCN2C1=NCc2nc(C3CCC(CN)CC3)cnc21. The van der Waals surface area contributed by atoms with Crippen LogP contribution in [0.1, 0.15) is 202 Å². The lowest BCUT2D eigenvalue weighted by molar-refractivity contribution is 0.307. The molecule has 2 aromatic carbocycles. The smallest absolute Gasteiger partial charge is 0.187 e. The van der Waals surface area contributed by atoms with Crippen LogP contribution in [0, 0.1) is 30.4 Å². The van der Waals surface area contributed by atoms with Crippen molar-refractivity contribution in [3.8, 4) is 0 Å². The number of rotatable bonds is 6. The van der Waals surface area contributed by atoms with E-state index >= 15 is 0 Å². The predicted molar refractivity (Wildman–Crippen MR) is 349 cm³/mol. The highest BCUT2D eigenvalue weighted by atomic mass is 15.2. The van der Waals surface area contributed by atoms with E-state index in [1.54, 1.807) is 0 Å². The Labute approximate surface area is 518 Å². The van der Waals surface area contributed by atoms with Crippen LogP contribution in [0.5, 0.6) is 0 Å². The molecule has 3 atom stereocenters. The Bertz CT molecular complexity index is 3650. The van der Waals surface area contributed by atoms with E-state index in [0.29, 0.717) is 66.5 Å². The molecule has 9 aliphatic rings. The molecule has 0 spiro atoms. The molecule has 6 aromatic rings. The standard InChI is InChI=1S/2C24H28N6.C22H26N6/c2*1-15-9-10-30(22-8-7-18(26-2)11-19(15)22)24-23-21(14-28-24)29-20(13-27-23)17-5-3-16(12-25)4-6-17;1-22(14-23)8-6-15(7-9-22)17-12-25-20-18(27-17)13-26-21(20)28-11-3-4-16-19(28)5-2-10-24-16/h2*7-8,11,13,15-17H,3-6,9-10,12,14,25H2,1H3;2,5-6,10,12H,3-4,7-9,11,13-14,23H2,1H3/t2*15-,16?,17?;22-/m000/s1. The van der Waals surface area contributed by atoms with Gasteiger partial charge in [-0.2, -0.15) is 0 Å². The van der Waals surface area contributed by atoms with Crippen molar-refractivity contribution in [2.24, 2.45) is 49.4 Å². The maximum absolute atomic E-state index is 7.33. The van der Waals surface area contributed by atoms with Crippen molar-refractivity contribution in [2.75, 3.05) is 54.0 Å². The average Bonchev–Trinajstić information content (AvgIpc) is 2.39. The number of amidine groups is 3. The van der Waals surface area contributed by atoms with Gasteiger partial charge in [0.25, 0.3) is 0 Å². The minimum atomic E-state index is 0.222. The number of hydrogen-bond donors (Lipinski definition) is 3. The van der Waals surface area contributed by atoms with Crippen molar-refractivity contribution in [1.82, 2.24) is 34.9 Å². The van der Waals surface area contributed by atoms with Gasteiger partial charge in [-0.15, -0.1) is 0 Å². The summed E-state index contributed by atoms with van der Waals surface area (Å²) in [5, 5.41) is 0. The van der Waals surface area contributed by atoms with Crippen LogP contribution in [0.2, 0.25) is 0 Å². The highest BCUT2D eigenvalue weighted by molar-refractivity contribution is 6.13. The van der Waals surface area contributed by atoms with Gasteiger partial charge < -0.3 is 31.9 Å². The molecular formula is C70H82N18. The number of hydrogen-bond acceptors (Lipinski definition) is 16. The van der Waals surface area contributed by atoms with Crippen LogP contribution in [-0.2, 0) is 26.1 Å². The molecule has 0 saturated heterocycles. The van der Waals surface area contributed by atoms with Crippen LogP contribution in [0.25, 0.3) is 15.3 Å². The zero-order valence-electron chi connectivity index (χ0n) is 51.4. The van der Waals surface area contributed by atoms with Crippen LogP contribution in [0.4, 0.5) is 28.4 Å². The minimum Gasteiger partial charge on any atom is -0.330 e. The van der Waals surface area contributed by atoms with Gasteiger partial charge in [0.1, 0.15) is 17.1 Å². The van der Waals surface area contributed by atoms with E-state index in [4.69, 9.17) is 75.2 Å². The quantitative estimate of drug-likeness (QED) is 0.132. The first-order valence-corrected chi connectivity index (χ1v) is 32.3. The summed E-state index contributed by atoms with van der Waals surface area (Å²) < 4.78 is 0. The molecule has 2 saturated carbocycles.